The first-order valence-corrected chi connectivity index (χ1v) is 14.5. The van der Waals surface area contributed by atoms with Gasteiger partial charge < -0.3 is 39.2 Å². The molecule has 3 N–H and O–H groups in total. The van der Waals surface area contributed by atoms with Gasteiger partial charge in [0.05, 0.1) is 17.4 Å². The zero-order valence-corrected chi connectivity index (χ0v) is 24.2. The number of likely N-dealkylation sites (tertiary alicyclic amines) is 1. The minimum absolute atomic E-state index is 0.0809. The van der Waals surface area contributed by atoms with Crippen LogP contribution in [-0.2, 0) is 45.2 Å². The molecule has 12 heteroatoms. The number of likely N-dealkylation sites (N-methyl/N-ethyl adjacent to an activating group) is 1. The molecule has 2 heterocycles. The predicted molar refractivity (Wildman–Crippen MR) is 150 cm³/mol. The van der Waals surface area contributed by atoms with Gasteiger partial charge in [0.25, 0.3) is 0 Å². The van der Waals surface area contributed by atoms with Crippen molar-refractivity contribution in [1.82, 2.24) is 4.90 Å². The topological polar surface area (TPSA) is 169 Å². The summed E-state index contributed by atoms with van der Waals surface area (Å²) in [6.07, 6.45) is -1.74. The van der Waals surface area contributed by atoms with Crippen LogP contribution in [0.15, 0.2) is 54.3 Å². The van der Waals surface area contributed by atoms with Crippen molar-refractivity contribution in [3.63, 3.8) is 0 Å². The molecule has 232 valence electrons. The molecule has 0 amide bonds. The molecule has 1 fully saturated rings. The number of aromatic hydroxyl groups is 1. The van der Waals surface area contributed by atoms with Crippen LogP contribution in [0.1, 0.15) is 55.4 Å². The van der Waals surface area contributed by atoms with Gasteiger partial charge in [0, 0.05) is 30.5 Å². The summed E-state index contributed by atoms with van der Waals surface area (Å²) in [6.45, 7) is 1.75. The van der Waals surface area contributed by atoms with Crippen LogP contribution in [0.4, 0.5) is 0 Å². The van der Waals surface area contributed by atoms with Crippen LogP contribution in [-0.4, -0.2) is 81.5 Å². The summed E-state index contributed by atoms with van der Waals surface area (Å²) in [7, 11) is 1.98. The third-order valence-electron chi connectivity index (χ3n) is 9.28. The minimum atomic E-state index is -1.79. The summed E-state index contributed by atoms with van der Waals surface area (Å²) in [5, 5.41) is 32.5. The number of aliphatic hydroxyl groups is 1. The Morgan fingerprint density at radius 3 is 2.55 bits per heavy atom. The van der Waals surface area contributed by atoms with Gasteiger partial charge in [0.1, 0.15) is 5.76 Å². The summed E-state index contributed by atoms with van der Waals surface area (Å²) >= 11 is 0. The Morgan fingerprint density at radius 2 is 1.84 bits per heavy atom. The van der Waals surface area contributed by atoms with Crippen LogP contribution in [0.2, 0.25) is 0 Å². The minimum Gasteiger partial charge on any atom is -0.504 e. The monoisotopic (exact) mass is 607 g/mol. The molecule has 2 aliphatic carbocycles. The number of esters is 3. The highest BCUT2D eigenvalue weighted by atomic mass is 16.6. The van der Waals surface area contributed by atoms with Crippen molar-refractivity contribution in [2.24, 2.45) is 0 Å². The van der Waals surface area contributed by atoms with Gasteiger partial charge in [0.15, 0.2) is 17.6 Å². The van der Waals surface area contributed by atoms with E-state index in [1.807, 2.05) is 13.1 Å². The Morgan fingerprint density at radius 1 is 1.09 bits per heavy atom. The van der Waals surface area contributed by atoms with E-state index in [1.165, 1.54) is 12.1 Å². The van der Waals surface area contributed by atoms with Gasteiger partial charge in [-0.2, -0.15) is 0 Å². The molecular formula is C32H33NO11. The first kappa shape index (κ1) is 29.6. The summed E-state index contributed by atoms with van der Waals surface area (Å²) < 4.78 is 22.6. The molecule has 6 rings (SSSR count). The molecule has 0 unspecified atom stereocenters. The second-order valence-electron chi connectivity index (χ2n) is 11.8. The number of hydrogen-bond acceptors (Lipinski definition) is 11. The molecule has 4 aliphatic rings. The molecule has 2 aromatic rings. The summed E-state index contributed by atoms with van der Waals surface area (Å²) in [5.74, 6) is -4.27. The molecule has 12 nitrogen and oxygen atoms in total. The molecule has 0 aromatic heterocycles. The second kappa shape index (κ2) is 10.9. The van der Waals surface area contributed by atoms with Crippen LogP contribution in [0.25, 0.3) is 0 Å². The molecule has 44 heavy (non-hydrogen) atoms. The largest absolute Gasteiger partial charge is 0.504 e. The number of aliphatic carboxylic acids is 1. The fraction of sp³-hybridized carbons (Fsp3) is 0.438. The number of nitrogens with zero attached hydrogens (tertiary/aromatic N) is 1. The summed E-state index contributed by atoms with van der Waals surface area (Å²) in [6, 6.07) is 11.2. The molecule has 0 saturated carbocycles. The molecule has 2 bridgehead atoms. The van der Waals surface area contributed by atoms with Crippen molar-refractivity contribution in [3.8, 4) is 11.5 Å². The smallest absolute Gasteiger partial charge is 0.357 e. The molecule has 2 aromatic carbocycles. The number of carbonyl (C=O) groups is 4. The molecular weight excluding hydrogens is 574 g/mol. The average Bonchev–Trinajstić information content (AvgIpc) is 3.32. The third kappa shape index (κ3) is 4.60. The number of benzene rings is 2. The van der Waals surface area contributed by atoms with E-state index in [0.717, 1.165) is 31.0 Å². The van der Waals surface area contributed by atoms with Crippen LogP contribution in [0, 0.1) is 0 Å². The van der Waals surface area contributed by atoms with Gasteiger partial charge >= 0.3 is 23.9 Å². The zero-order valence-electron chi connectivity index (χ0n) is 24.2. The Balaban J connectivity index is 1.35. The quantitative estimate of drug-likeness (QED) is 0.296. The third-order valence-corrected chi connectivity index (χ3v) is 9.28. The van der Waals surface area contributed by atoms with Crippen LogP contribution in [0.3, 0.4) is 0 Å². The van der Waals surface area contributed by atoms with Crippen molar-refractivity contribution in [3.05, 3.63) is 71.0 Å². The fourth-order valence-corrected chi connectivity index (χ4v) is 7.47. The maximum absolute atomic E-state index is 13.8. The van der Waals surface area contributed by atoms with Crippen LogP contribution < -0.4 is 4.74 Å². The van der Waals surface area contributed by atoms with Gasteiger partial charge in [-0.1, -0.05) is 36.4 Å². The Bertz CT molecular complexity index is 1540. The number of rotatable bonds is 8. The van der Waals surface area contributed by atoms with Crippen molar-refractivity contribution >= 4 is 23.9 Å². The van der Waals surface area contributed by atoms with E-state index in [-0.39, 0.29) is 35.3 Å². The van der Waals surface area contributed by atoms with Gasteiger partial charge in [0.2, 0.25) is 12.2 Å². The Hall–Kier alpha value is -4.42. The maximum atomic E-state index is 13.8. The lowest BCUT2D eigenvalue weighted by atomic mass is 9.52. The van der Waals surface area contributed by atoms with E-state index in [9.17, 15) is 34.5 Å². The van der Waals surface area contributed by atoms with Crippen LogP contribution in [0.5, 0.6) is 11.5 Å². The van der Waals surface area contributed by atoms with Crippen LogP contribution >= 0.6 is 0 Å². The maximum Gasteiger partial charge on any atom is 0.357 e. The first-order chi connectivity index (χ1) is 21.0. The number of carboxylic acids is 1. The van der Waals surface area contributed by atoms with Crippen molar-refractivity contribution in [1.29, 1.82) is 0 Å². The highest BCUT2D eigenvalue weighted by Gasteiger charge is 2.71. The van der Waals surface area contributed by atoms with Gasteiger partial charge in [-0.05, 0) is 50.6 Å². The Kier molecular flexibility index (Phi) is 7.37. The summed E-state index contributed by atoms with van der Waals surface area (Å²) in [5.41, 5.74) is -0.401. The summed E-state index contributed by atoms with van der Waals surface area (Å²) in [4.78, 5) is 51.9. The fourth-order valence-electron chi connectivity index (χ4n) is 7.47. The van der Waals surface area contributed by atoms with E-state index in [0.29, 0.717) is 12.8 Å². The first-order valence-electron chi connectivity index (χ1n) is 14.5. The lowest BCUT2D eigenvalue weighted by Gasteiger charge is -2.56. The number of phenols is 1. The van der Waals surface area contributed by atoms with E-state index in [4.69, 9.17) is 18.9 Å². The van der Waals surface area contributed by atoms with E-state index in [1.54, 1.807) is 30.3 Å². The highest BCUT2D eigenvalue weighted by molar-refractivity contribution is 5.87. The van der Waals surface area contributed by atoms with Crippen molar-refractivity contribution in [2.75, 3.05) is 13.6 Å². The number of hydrogen-bond donors (Lipinski definition) is 3. The predicted octanol–water partition coefficient (Wildman–Crippen LogP) is 2.29. The molecule has 2 aliphatic heterocycles. The normalized spacial score (nSPS) is 27.8. The molecule has 0 radical (unpaired) electrons. The van der Waals surface area contributed by atoms with E-state index >= 15 is 0 Å². The lowest BCUT2D eigenvalue weighted by Crippen LogP contribution is -2.69. The van der Waals surface area contributed by atoms with E-state index < -0.39 is 59.6 Å². The standard InChI is InChI=1S/C32H33NO11/c1-17(34)41-22(16-24(36)37)29(38)44-26(18-7-4-3-5-8-18)30(39)42-21-11-13-32(40)23-15-19-9-10-20(35)27-25(19)31(32,28(21)43-27)12-6-14-33(23)2/h3-5,7-11,22-23,26,28,35,40H,6,12-16H2,1-2H3,(H,36,37)/t22-,23+,26-,28-,31-,32+/m0/s1. The van der Waals surface area contributed by atoms with Gasteiger partial charge in [-0.15, -0.1) is 0 Å². The number of carbonyl (C=O) groups excluding carboxylic acids is 3. The van der Waals surface area contributed by atoms with Gasteiger partial charge in [-0.3, -0.25) is 9.59 Å². The molecule has 6 atom stereocenters. The number of ether oxygens (including phenoxy) is 4. The van der Waals surface area contributed by atoms with Crippen molar-refractivity contribution in [2.45, 2.75) is 74.4 Å². The molecule has 1 saturated heterocycles. The van der Waals surface area contributed by atoms with Gasteiger partial charge in [-0.25, -0.2) is 9.59 Å². The SMILES string of the molecule is CC(=O)O[C@@H](CC(=O)O)C(=O)O[C@H](C(=O)OC1=CC[C@@]2(O)[C@H]3Cc4ccc(O)c5c4[C@@]2(CCCN3C)[C@H]1O5)c1ccccc1. The second-order valence-corrected chi connectivity index (χ2v) is 11.8. The Labute approximate surface area is 252 Å². The number of carboxylic acid groups (broad SMARTS) is 1. The average molecular weight is 608 g/mol. The number of phenolic OH excluding ortho intramolecular Hbond substituents is 1. The zero-order chi connectivity index (χ0) is 31.4. The lowest BCUT2D eigenvalue weighted by molar-refractivity contribution is -0.180. The van der Waals surface area contributed by atoms with Crippen molar-refractivity contribution < 1.29 is 53.4 Å². The molecule has 1 spiro atoms. The van der Waals surface area contributed by atoms with E-state index in [2.05, 4.69) is 4.90 Å². The highest BCUT2D eigenvalue weighted by Crippen LogP contribution is 2.65.